The minimum absolute atomic E-state index is 0.0338. The van der Waals surface area contributed by atoms with E-state index in [9.17, 15) is 9.59 Å². The number of amides is 2. The number of carbonyl (C=O) groups is 2. The molecule has 1 atom stereocenters. The first kappa shape index (κ1) is 12.1. The zero-order valence-corrected chi connectivity index (χ0v) is 10.7. The molecular formula is C14H17N3O2. The fourth-order valence-corrected chi connectivity index (χ4v) is 2.59. The first-order valence-corrected chi connectivity index (χ1v) is 6.67. The van der Waals surface area contributed by atoms with Crippen LogP contribution in [-0.4, -0.2) is 29.4 Å². The summed E-state index contributed by atoms with van der Waals surface area (Å²) in [6.45, 7) is 0.629. The SMILES string of the molecule is O=C1CCC(C(=O)NCC2(c3cccnc3)CC2)N1. The average Bonchev–Trinajstić information content (AvgIpc) is 3.12. The third kappa shape index (κ3) is 2.45. The Morgan fingerprint density at radius 1 is 1.53 bits per heavy atom. The Bertz CT molecular complexity index is 497. The van der Waals surface area contributed by atoms with Crippen molar-refractivity contribution >= 4 is 11.8 Å². The molecule has 5 nitrogen and oxygen atoms in total. The summed E-state index contributed by atoms with van der Waals surface area (Å²) in [7, 11) is 0. The van der Waals surface area contributed by atoms with E-state index in [1.165, 1.54) is 5.56 Å². The zero-order chi connectivity index (χ0) is 13.3. The lowest BCUT2D eigenvalue weighted by molar-refractivity contribution is -0.125. The molecule has 1 aromatic rings. The Balaban J connectivity index is 1.58. The van der Waals surface area contributed by atoms with Crippen molar-refractivity contribution in [1.82, 2.24) is 15.6 Å². The van der Waals surface area contributed by atoms with Gasteiger partial charge in [0.25, 0.3) is 0 Å². The molecule has 1 saturated carbocycles. The standard InChI is InChI=1S/C14H17N3O2/c18-12-4-3-11(17-12)13(19)16-9-14(5-6-14)10-2-1-7-15-8-10/h1-2,7-8,11H,3-6,9H2,(H,16,19)(H,17,18). The molecule has 2 fully saturated rings. The molecule has 2 amide bonds. The summed E-state index contributed by atoms with van der Waals surface area (Å²) < 4.78 is 0. The fraction of sp³-hybridized carbons (Fsp3) is 0.500. The molecule has 0 aromatic carbocycles. The molecule has 1 aromatic heterocycles. The van der Waals surface area contributed by atoms with Crippen LogP contribution in [-0.2, 0) is 15.0 Å². The van der Waals surface area contributed by atoms with Crippen LogP contribution in [0.4, 0.5) is 0 Å². The number of nitrogens with zero attached hydrogens (tertiary/aromatic N) is 1. The van der Waals surface area contributed by atoms with Gasteiger partial charge in [0, 0.05) is 30.8 Å². The Hall–Kier alpha value is -1.91. The normalized spacial score (nSPS) is 23.8. The van der Waals surface area contributed by atoms with E-state index in [1.807, 2.05) is 12.3 Å². The number of hydrogen-bond acceptors (Lipinski definition) is 3. The van der Waals surface area contributed by atoms with Gasteiger partial charge in [-0.3, -0.25) is 14.6 Å². The maximum atomic E-state index is 12.0. The monoisotopic (exact) mass is 259 g/mol. The molecule has 100 valence electrons. The smallest absolute Gasteiger partial charge is 0.242 e. The van der Waals surface area contributed by atoms with E-state index < -0.39 is 0 Å². The molecule has 0 bridgehead atoms. The number of aromatic nitrogens is 1. The Morgan fingerprint density at radius 2 is 2.37 bits per heavy atom. The van der Waals surface area contributed by atoms with E-state index in [0.717, 1.165) is 12.8 Å². The van der Waals surface area contributed by atoms with Crippen LogP contribution in [0, 0.1) is 0 Å². The zero-order valence-electron chi connectivity index (χ0n) is 10.7. The molecule has 5 heteroatoms. The number of carbonyl (C=O) groups excluding carboxylic acids is 2. The van der Waals surface area contributed by atoms with E-state index in [1.54, 1.807) is 6.20 Å². The Morgan fingerprint density at radius 3 is 2.95 bits per heavy atom. The van der Waals surface area contributed by atoms with Gasteiger partial charge >= 0.3 is 0 Å². The Labute approximate surface area is 111 Å². The highest BCUT2D eigenvalue weighted by atomic mass is 16.2. The van der Waals surface area contributed by atoms with Gasteiger partial charge in [0.05, 0.1) is 0 Å². The van der Waals surface area contributed by atoms with Crippen LogP contribution in [0.2, 0.25) is 0 Å². The van der Waals surface area contributed by atoms with Crippen molar-refractivity contribution in [2.75, 3.05) is 6.54 Å². The van der Waals surface area contributed by atoms with Crippen molar-refractivity contribution in [3.63, 3.8) is 0 Å². The summed E-state index contributed by atoms with van der Waals surface area (Å²) in [6, 6.07) is 3.63. The van der Waals surface area contributed by atoms with Crippen molar-refractivity contribution in [3.05, 3.63) is 30.1 Å². The maximum absolute atomic E-state index is 12.0. The van der Waals surface area contributed by atoms with E-state index in [0.29, 0.717) is 19.4 Å². The van der Waals surface area contributed by atoms with Gasteiger partial charge in [-0.05, 0) is 30.9 Å². The predicted octanol–water partition coefficient (Wildman–Crippen LogP) is 0.508. The number of hydrogen-bond donors (Lipinski definition) is 2. The van der Waals surface area contributed by atoms with Crippen molar-refractivity contribution < 1.29 is 9.59 Å². The predicted molar refractivity (Wildman–Crippen MR) is 69.3 cm³/mol. The van der Waals surface area contributed by atoms with Crippen LogP contribution in [0.15, 0.2) is 24.5 Å². The second kappa shape index (κ2) is 4.64. The summed E-state index contributed by atoms with van der Waals surface area (Å²) in [5, 5.41) is 5.65. The largest absolute Gasteiger partial charge is 0.353 e. The van der Waals surface area contributed by atoms with E-state index >= 15 is 0 Å². The van der Waals surface area contributed by atoms with Crippen LogP contribution in [0.3, 0.4) is 0 Å². The summed E-state index contributed by atoms with van der Waals surface area (Å²) in [5.41, 5.74) is 1.25. The highest BCUT2D eigenvalue weighted by molar-refractivity contribution is 5.90. The van der Waals surface area contributed by atoms with Crippen LogP contribution >= 0.6 is 0 Å². The fourth-order valence-electron chi connectivity index (χ4n) is 2.59. The number of nitrogens with one attached hydrogen (secondary N) is 2. The lowest BCUT2D eigenvalue weighted by atomic mass is 9.97. The number of rotatable bonds is 4. The third-order valence-corrected chi connectivity index (χ3v) is 4.04. The molecule has 2 heterocycles. The summed E-state index contributed by atoms with van der Waals surface area (Å²) in [4.78, 5) is 27.2. The molecule has 0 spiro atoms. The number of pyridine rings is 1. The highest BCUT2D eigenvalue weighted by Crippen LogP contribution is 2.47. The van der Waals surface area contributed by atoms with Gasteiger partial charge in [-0.15, -0.1) is 0 Å². The first-order chi connectivity index (χ1) is 9.20. The summed E-state index contributed by atoms with van der Waals surface area (Å²) in [5.74, 6) is -0.102. The topological polar surface area (TPSA) is 71.1 Å². The van der Waals surface area contributed by atoms with Gasteiger partial charge in [0.1, 0.15) is 6.04 Å². The molecule has 1 aliphatic heterocycles. The second-order valence-electron chi connectivity index (χ2n) is 5.40. The Kier molecular flexibility index (Phi) is 2.97. The minimum atomic E-state index is -0.350. The molecule has 2 N–H and O–H groups in total. The molecule has 1 aliphatic carbocycles. The molecule has 0 radical (unpaired) electrons. The molecular weight excluding hydrogens is 242 g/mol. The quantitative estimate of drug-likeness (QED) is 0.827. The molecule has 19 heavy (non-hydrogen) atoms. The summed E-state index contributed by atoms with van der Waals surface area (Å²) in [6.07, 6.45) is 6.84. The molecule has 1 saturated heterocycles. The lowest BCUT2D eigenvalue weighted by Crippen LogP contribution is -2.44. The van der Waals surface area contributed by atoms with Gasteiger partial charge in [0.2, 0.25) is 11.8 Å². The van der Waals surface area contributed by atoms with Gasteiger partial charge in [-0.1, -0.05) is 6.07 Å². The average molecular weight is 259 g/mol. The lowest BCUT2D eigenvalue weighted by Gasteiger charge is -2.18. The van der Waals surface area contributed by atoms with Crippen molar-refractivity contribution in [3.8, 4) is 0 Å². The van der Waals surface area contributed by atoms with Crippen molar-refractivity contribution in [1.29, 1.82) is 0 Å². The molecule has 3 rings (SSSR count). The van der Waals surface area contributed by atoms with Crippen molar-refractivity contribution in [2.45, 2.75) is 37.1 Å². The van der Waals surface area contributed by atoms with Gasteiger partial charge in [-0.25, -0.2) is 0 Å². The van der Waals surface area contributed by atoms with E-state index in [-0.39, 0.29) is 23.3 Å². The minimum Gasteiger partial charge on any atom is -0.353 e. The van der Waals surface area contributed by atoms with Gasteiger partial charge in [-0.2, -0.15) is 0 Å². The third-order valence-electron chi connectivity index (χ3n) is 4.04. The van der Waals surface area contributed by atoms with Crippen molar-refractivity contribution in [2.24, 2.45) is 0 Å². The first-order valence-electron chi connectivity index (χ1n) is 6.67. The summed E-state index contributed by atoms with van der Waals surface area (Å²) >= 11 is 0. The van der Waals surface area contributed by atoms with Crippen LogP contribution in [0.1, 0.15) is 31.2 Å². The van der Waals surface area contributed by atoms with Crippen LogP contribution in [0.5, 0.6) is 0 Å². The van der Waals surface area contributed by atoms with Crippen LogP contribution in [0.25, 0.3) is 0 Å². The highest BCUT2D eigenvalue weighted by Gasteiger charge is 2.45. The second-order valence-corrected chi connectivity index (χ2v) is 5.40. The van der Waals surface area contributed by atoms with E-state index in [4.69, 9.17) is 0 Å². The molecule has 1 unspecified atom stereocenters. The maximum Gasteiger partial charge on any atom is 0.242 e. The van der Waals surface area contributed by atoms with Crippen LogP contribution < -0.4 is 10.6 Å². The van der Waals surface area contributed by atoms with E-state index in [2.05, 4.69) is 21.7 Å². The molecule has 2 aliphatic rings. The van der Waals surface area contributed by atoms with Gasteiger partial charge in [0.15, 0.2) is 0 Å². The van der Waals surface area contributed by atoms with Gasteiger partial charge < -0.3 is 10.6 Å².